The van der Waals surface area contributed by atoms with Gasteiger partial charge in [0.05, 0.1) is 5.56 Å². The molecule has 130 valence electrons. The lowest BCUT2D eigenvalue weighted by atomic mass is 10.1. The summed E-state index contributed by atoms with van der Waals surface area (Å²) in [5.41, 5.74) is -0.468. The van der Waals surface area contributed by atoms with Crippen molar-refractivity contribution in [1.29, 1.82) is 0 Å². The standard InChI is InChI=1S/C13H12O11/c14-4-1-3(2-5(15)6(4)16)12(21)24-10-7(17)9(23-13(10)22)8(18)11(19)20/h1-2,7-10,14-18H,(H,19,20)/t7-,8+,9+,10+/m0/s1. The van der Waals surface area contributed by atoms with E-state index in [9.17, 15) is 39.9 Å². The van der Waals surface area contributed by atoms with Gasteiger partial charge in [0.1, 0.15) is 6.10 Å². The zero-order valence-corrected chi connectivity index (χ0v) is 11.7. The molecule has 0 amide bonds. The Morgan fingerprint density at radius 1 is 1.17 bits per heavy atom. The van der Waals surface area contributed by atoms with E-state index in [0.29, 0.717) is 0 Å². The molecule has 4 atom stereocenters. The summed E-state index contributed by atoms with van der Waals surface area (Å²) >= 11 is 0. The Labute approximate surface area is 132 Å². The molecule has 0 spiro atoms. The first kappa shape index (κ1) is 17.3. The second-order valence-electron chi connectivity index (χ2n) is 4.86. The number of ether oxygens (including phenoxy) is 2. The number of phenols is 3. The van der Waals surface area contributed by atoms with Gasteiger partial charge in [-0.05, 0) is 12.1 Å². The molecule has 0 radical (unpaired) electrons. The molecule has 24 heavy (non-hydrogen) atoms. The molecule has 11 heteroatoms. The summed E-state index contributed by atoms with van der Waals surface area (Å²) in [6, 6.07) is 1.46. The maximum atomic E-state index is 11.9. The number of aliphatic carboxylic acids is 1. The molecule has 0 bridgehead atoms. The van der Waals surface area contributed by atoms with Gasteiger partial charge in [0.25, 0.3) is 0 Å². The minimum atomic E-state index is -2.23. The summed E-state index contributed by atoms with van der Waals surface area (Å²) in [5, 5.41) is 55.6. The zero-order valence-electron chi connectivity index (χ0n) is 11.7. The number of aliphatic hydroxyl groups excluding tert-OH is 2. The third kappa shape index (κ3) is 3.02. The summed E-state index contributed by atoms with van der Waals surface area (Å²) in [7, 11) is 0. The molecule has 11 nitrogen and oxygen atoms in total. The second-order valence-corrected chi connectivity index (χ2v) is 4.86. The van der Waals surface area contributed by atoms with Gasteiger partial charge >= 0.3 is 17.9 Å². The molecule has 1 aromatic rings. The van der Waals surface area contributed by atoms with Gasteiger partial charge in [-0.25, -0.2) is 14.4 Å². The molecule has 1 aliphatic heterocycles. The monoisotopic (exact) mass is 344 g/mol. The number of hydrogen-bond donors (Lipinski definition) is 6. The Hall–Kier alpha value is -3.05. The lowest BCUT2D eigenvalue weighted by molar-refractivity contribution is -0.161. The molecule has 0 aliphatic carbocycles. The van der Waals surface area contributed by atoms with Crippen molar-refractivity contribution in [2.75, 3.05) is 0 Å². The van der Waals surface area contributed by atoms with Gasteiger partial charge in [-0.15, -0.1) is 0 Å². The largest absolute Gasteiger partial charge is 0.504 e. The van der Waals surface area contributed by atoms with Crippen LogP contribution in [-0.4, -0.2) is 73.0 Å². The van der Waals surface area contributed by atoms with E-state index in [2.05, 4.69) is 9.47 Å². The summed E-state index contributed by atoms with van der Waals surface area (Å²) in [6.07, 6.45) is -7.94. The lowest BCUT2D eigenvalue weighted by Gasteiger charge is -2.17. The number of aromatic hydroxyl groups is 3. The van der Waals surface area contributed by atoms with Crippen LogP contribution in [0.4, 0.5) is 0 Å². The fourth-order valence-electron chi connectivity index (χ4n) is 2.00. The van der Waals surface area contributed by atoms with Crippen LogP contribution in [-0.2, 0) is 19.1 Å². The summed E-state index contributed by atoms with van der Waals surface area (Å²) < 4.78 is 9.14. The molecular formula is C13H12O11. The molecular weight excluding hydrogens is 332 g/mol. The van der Waals surface area contributed by atoms with Crippen LogP contribution in [0.1, 0.15) is 10.4 Å². The number of carbonyl (C=O) groups is 3. The van der Waals surface area contributed by atoms with E-state index in [-0.39, 0.29) is 0 Å². The van der Waals surface area contributed by atoms with Crippen molar-refractivity contribution in [2.45, 2.75) is 24.4 Å². The Balaban J connectivity index is 2.17. The van der Waals surface area contributed by atoms with E-state index >= 15 is 0 Å². The zero-order chi connectivity index (χ0) is 18.2. The summed E-state index contributed by atoms with van der Waals surface area (Å²) in [4.78, 5) is 34.1. The van der Waals surface area contributed by atoms with E-state index in [1.165, 1.54) is 0 Å². The van der Waals surface area contributed by atoms with Crippen molar-refractivity contribution in [2.24, 2.45) is 0 Å². The fourth-order valence-corrected chi connectivity index (χ4v) is 2.00. The molecule has 0 aromatic heterocycles. The van der Waals surface area contributed by atoms with Crippen molar-refractivity contribution in [3.05, 3.63) is 17.7 Å². The minimum Gasteiger partial charge on any atom is -0.504 e. The van der Waals surface area contributed by atoms with Crippen LogP contribution in [0, 0.1) is 0 Å². The smallest absolute Gasteiger partial charge is 0.350 e. The topological polar surface area (TPSA) is 191 Å². The first-order valence-electron chi connectivity index (χ1n) is 6.38. The minimum absolute atomic E-state index is 0.468. The number of hydrogen-bond acceptors (Lipinski definition) is 10. The van der Waals surface area contributed by atoms with Crippen LogP contribution in [0.5, 0.6) is 17.2 Å². The molecule has 2 rings (SSSR count). The number of esters is 2. The number of rotatable bonds is 4. The number of phenolic OH excluding ortho intramolecular Hbond substituents is 3. The van der Waals surface area contributed by atoms with E-state index < -0.39 is 65.1 Å². The van der Waals surface area contributed by atoms with Crippen molar-refractivity contribution >= 4 is 17.9 Å². The molecule has 0 saturated carbocycles. The Morgan fingerprint density at radius 2 is 1.71 bits per heavy atom. The number of carboxylic acid groups (broad SMARTS) is 1. The van der Waals surface area contributed by atoms with Gasteiger partial charge in [-0.3, -0.25) is 0 Å². The highest BCUT2D eigenvalue weighted by Crippen LogP contribution is 2.35. The fraction of sp³-hybridized carbons (Fsp3) is 0.308. The first-order chi connectivity index (χ1) is 11.1. The number of carbonyl (C=O) groups excluding carboxylic acids is 2. The van der Waals surface area contributed by atoms with Crippen molar-refractivity contribution < 1.29 is 54.5 Å². The van der Waals surface area contributed by atoms with Crippen LogP contribution in [0.2, 0.25) is 0 Å². The molecule has 1 heterocycles. The predicted octanol–water partition coefficient (Wildman–Crippen LogP) is -1.94. The van der Waals surface area contributed by atoms with E-state index in [1.54, 1.807) is 0 Å². The molecule has 1 aliphatic rings. The van der Waals surface area contributed by atoms with Gasteiger partial charge in [-0.2, -0.15) is 0 Å². The van der Waals surface area contributed by atoms with E-state index in [1.807, 2.05) is 0 Å². The van der Waals surface area contributed by atoms with E-state index in [0.717, 1.165) is 12.1 Å². The highest BCUT2D eigenvalue weighted by molar-refractivity contribution is 5.93. The van der Waals surface area contributed by atoms with Crippen molar-refractivity contribution in [3.63, 3.8) is 0 Å². The third-order valence-corrected chi connectivity index (χ3v) is 3.23. The van der Waals surface area contributed by atoms with Crippen LogP contribution in [0.25, 0.3) is 0 Å². The van der Waals surface area contributed by atoms with Gasteiger partial charge < -0.3 is 40.1 Å². The molecule has 1 saturated heterocycles. The Bertz CT molecular complexity index is 674. The van der Waals surface area contributed by atoms with Crippen LogP contribution in [0.15, 0.2) is 12.1 Å². The lowest BCUT2D eigenvalue weighted by Crippen LogP contribution is -2.43. The molecule has 0 unspecified atom stereocenters. The maximum Gasteiger partial charge on any atom is 0.350 e. The van der Waals surface area contributed by atoms with Gasteiger partial charge in [-0.1, -0.05) is 0 Å². The summed E-state index contributed by atoms with van der Waals surface area (Å²) in [5.74, 6) is -6.88. The van der Waals surface area contributed by atoms with Crippen molar-refractivity contribution in [1.82, 2.24) is 0 Å². The Morgan fingerprint density at radius 3 is 2.21 bits per heavy atom. The van der Waals surface area contributed by atoms with Gasteiger partial charge in [0.2, 0.25) is 6.10 Å². The average Bonchev–Trinajstić information content (AvgIpc) is 2.79. The van der Waals surface area contributed by atoms with Crippen molar-refractivity contribution in [3.8, 4) is 17.2 Å². The Kier molecular flexibility index (Phi) is 4.48. The summed E-state index contributed by atoms with van der Waals surface area (Å²) in [6.45, 7) is 0. The first-order valence-corrected chi connectivity index (χ1v) is 6.38. The number of benzene rings is 1. The molecule has 6 N–H and O–H groups in total. The predicted molar refractivity (Wildman–Crippen MR) is 70.2 cm³/mol. The number of aliphatic hydroxyl groups is 2. The van der Waals surface area contributed by atoms with E-state index in [4.69, 9.17) is 5.11 Å². The van der Waals surface area contributed by atoms with Crippen LogP contribution < -0.4 is 0 Å². The quantitative estimate of drug-likeness (QED) is 0.263. The van der Waals surface area contributed by atoms with Crippen LogP contribution in [0.3, 0.4) is 0 Å². The average molecular weight is 344 g/mol. The normalized spacial score (nSPS) is 24.2. The molecule has 1 aromatic carbocycles. The molecule has 1 fully saturated rings. The highest BCUT2D eigenvalue weighted by Gasteiger charge is 2.51. The second kappa shape index (κ2) is 6.22. The van der Waals surface area contributed by atoms with Gasteiger partial charge in [0.15, 0.2) is 29.5 Å². The number of cyclic esters (lactones) is 1. The highest BCUT2D eigenvalue weighted by atomic mass is 16.6. The van der Waals surface area contributed by atoms with Crippen LogP contribution >= 0.6 is 0 Å². The van der Waals surface area contributed by atoms with Gasteiger partial charge in [0, 0.05) is 0 Å². The SMILES string of the molecule is O=C(O[C@H]1C(=O)O[C@@H]([C@@H](O)C(=O)O)[C@@H]1O)c1cc(O)c(O)c(O)c1. The third-order valence-electron chi connectivity index (χ3n) is 3.23. The maximum absolute atomic E-state index is 11.9. The number of carboxylic acids is 1.